The van der Waals surface area contributed by atoms with Crippen molar-refractivity contribution in [2.24, 2.45) is 0 Å². The van der Waals surface area contributed by atoms with Crippen LogP contribution in [0.1, 0.15) is 25.3 Å². The van der Waals surface area contributed by atoms with Crippen LogP contribution in [0.5, 0.6) is 0 Å². The van der Waals surface area contributed by atoms with Crippen LogP contribution in [0.2, 0.25) is 0 Å². The molecule has 0 radical (unpaired) electrons. The Morgan fingerprint density at radius 3 is 2.36 bits per heavy atom. The third-order valence-electron chi connectivity index (χ3n) is 4.36. The maximum absolute atomic E-state index is 13.5. The van der Waals surface area contributed by atoms with Gasteiger partial charge >= 0.3 is 0 Å². The highest BCUT2D eigenvalue weighted by molar-refractivity contribution is 7.74. The lowest BCUT2D eigenvalue weighted by atomic mass is 9.93. The second-order valence-electron chi connectivity index (χ2n) is 5.99. The van der Waals surface area contributed by atoms with Crippen LogP contribution in [-0.4, -0.2) is 6.61 Å². The van der Waals surface area contributed by atoms with Gasteiger partial charge in [0.2, 0.25) is 0 Å². The van der Waals surface area contributed by atoms with Crippen LogP contribution in [0.4, 0.5) is 0 Å². The highest BCUT2D eigenvalue weighted by Gasteiger charge is 2.28. The third kappa shape index (κ3) is 3.76. The summed E-state index contributed by atoms with van der Waals surface area (Å²) >= 11 is 0. The summed E-state index contributed by atoms with van der Waals surface area (Å²) in [6, 6.07) is 17.2. The SMILES string of the molecule is C=C(C1=CC=CCC1)c1ccc(P(=O)(OCC)c2ccccc2)cc1. The van der Waals surface area contributed by atoms with E-state index < -0.39 is 7.37 Å². The summed E-state index contributed by atoms with van der Waals surface area (Å²) < 4.78 is 19.3. The van der Waals surface area contributed by atoms with Gasteiger partial charge in [-0.25, -0.2) is 0 Å². The fourth-order valence-corrected chi connectivity index (χ4v) is 5.07. The van der Waals surface area contributed by atoms with E-state index in [-0.39, 0.29) is 0 Å². The highest BCUT2D eigenvalue weighted by Crippen LogP contribution is 2.44. The van der Waals surface area contributed by atoms with E-state index in [0.717, 1.165) is 34.6 Å². The van der Waals surface area contributed by atoms with Gasteiger partial charge in [0.05, 0.1) is 6.61 Å². The van der Waals surface area contributed by atoms with E-state index in [4.69, 9.17) is 4.52 Å². The smallest absolute Gasteiger partial charge is 0.261 e. The first kappa shape index (κ1) is 17.7. The molecule has 0 N–H and O–H groups in total. The lowest BCUT2D eigenvalue weighted by Gasteiger charge is -2.19. The summed E-state index contributed by atoms with van der Waals surface area (Å²) in [6.07, 6.45) is 8.43. The van der Waals surface area contributed by atoms with Crippen LogP contribution in [0.25, 0.3) is 5.57 Å². The molecule has 2 nitrogen and oxygen atoms in total. The van der Waals surface area contributed by atoms with Crippen molar-refractivity contribution in [2.75, 3.05) is 6.61 Å². The molecule has 25 heavy (non-hydrogen) atoms. The van der Waals surface area contributed by atoms with Gasteiger partial charge in [-0.3, -0.25) is 4.57 Å². The minimum Gasteiger partial charge on any atom is -0.322 e. The molecule has 0 saturated carbocycles. The summed E-state index contributed by atoms with van der Waals surface area (Å²) in [6.45, 7) is 6.51. The Labute approximate surface area is 150 Å². The second kappa shape index (κ2) is 7.82. The predicted octanol–water partition coefficient (Wildman–Crippen LogP) is 5.24. The maximum Gasteiger partial charge on any atom is 0.261 e. The Hall–Kier alpha value is -2.15. The molecule has 0 saturated heterocycles. The van der Waals surface area contributed by atoms with Crippen molar-refractivity contribution >= 4 is 23.6 Å². The molecule has 1 aliphatic carbocycles. The largest absolute Gasteiger partial charge is 0.322 e. The zero-order valence-electron chi connectivity index (χ0n) is 14.5. The van der Waals surface area contributed by atoms with Crippen molar-refractivity contribution in [3.63, 3.8) is 0 Å². The summed E-state index contributed by atoms with van der Waals surface area (Å²) in [7, 11) is -3.06. The molecule has 0 aliphatic heterocycles. The number of rotatable bonds is 6. The zero-order valence-corrected chi connectivity index (χ0v) is 15.4. The second-order valence-corrected chi connectivity index (χ2v) is 8.38. The Kier molecular flexibility index (Phi) is 5.53. The van der Waals surface area contributed by atoms with Gasteiger partial charge in [-0.2, -0.15) is 0 Å². The van der Waals surface area contributed by atoms with Crippen LogP contribution in [-0.2, 0) is 9.09 Å². The van der Waals surface area contributed by atoms with Gasteiger partial charge in [0.1, 0.15) is 0 Å². The van der Waals surface area contributed by atoms with Crippen molar-refractivity contribution in [1.29, 1.82) is 0 Å². The number of allylic oxidation sites excluding steroid dienone is 5. The molecule has 0 spiro atoms. The first-order valence-electron chi connectivity index (χ1n) is 8.61. The third-order valence-corrected chi connectivity index (χ3v) is 6.94. The van der Waals surface area contributed by atoms with E-state index >= 15 is 0 Å². The van der Waals surface area contributed by atoms with Gasteiger partial charge in [0, 0.05) is 10.6 Å². The van der Waals surface area contributed by atoms with E-state index in [9.17, 15) is 4.57 Å². The summed E-state index contributed by atoms with van der Waals surface area (Å²) in [5.41, 5.74) is 3.34. The standard InChI is InChI=1S/C22H23O2P/c1-3-24-25(23,21-12-8-5-9-13-21)22-16-14-20(15-17-22)18(2)19-10-6-4-7-11-19/h4-6,8-10,12-17H,2-3,7,11H2,1H3. The van der Waals surface area contributed by atoms with Crippen LogP contribution in [0.3, 0.4) is 0 Å². The maximum atomic E-state index is 13.5. The molecule has 1 atom stereocenters. The van der Waals surface area contributed by atoms with E-state index in [1.807, 2.05) is 61.5 Å². The first-order chi connectivity index (χ1) is 12.1. The van der Waals surface area contributed by atoms with Gasteiger partial charge in [-0.15, -0.1) is 0 Å². The quantitative estimate of drug-likeness (QED) is 0.666. The fourth-order valence-electron chi connectivity index (χ4n) is 3.00. The predicted molar refractivity (Wildman–Crippen MR) is 107 cm³/mol. The van der Waals surface area contributed by atoms with Crippen LogP contribution < -0.4 is 10.6 Å². The van der Waals surface area contributed by atoms with Gasteiger partial charge < -0.3 is 4.52 Å². The molecule has 0 bridgehead atoms. The van der Waals surface area contributed by atoms with Crippen molar-refractivity contribution < 1.29 is 9.09 Å². The Bertz CT molecular complexity index is 845. The van der Waals surface area contributed by atoms with E-state index in [1.165, 1.54) is 5.57 Å². The molecule has 3 rings (SSSR count). The van der Waals surface area contributed by atoms with Gasteiger partial charge in [0.25, 0.3) is 7.37 Å². The molecule has 1 aliphatic rings. The average Bonchev–Trinajstić information content (AvgIpc) is 2.69. The van der Waals surface area contributed by atoms with Gasteiger partial charge in [-0.05, 0) is 60.7 Å². The summed E-state index contributed by atoms with van der Waals surface area (Å²) in [5.74, 6) is 0. The van der Waals surface area contributed by atoms with E-state index in [2.05, 4.69) is 24.8 Å². The van der Waals surface area contributed by atoms with Gasteiger partial charge in [-0.1, -0.05) is 55.1 Å². The topological polar surface area (TPSA) is 26.3 Å². The number of hydrogen-bond acceptors (Lipinski definition) is 2. The van der Waals surface area contributed by atoms with E-state index in [1.54, 1.807) is 0 Å². The Morgan fingerprint density at radius 2 is 1.76 bits per heavy atom. The molecule has 128 valence electrons. The normalized spacial score (nSPS) is 16.1. The van der Waals surface area contributed by atoms with Crippen molar-refractivity contribution in [3.8, 4) is 0 Å². The minimum absolute atomic E-state index is 0.403. The Morgan fingerprint density at radius 1 is 1.08 bits per heavy atom. The minimum atomic E-state index is -3.06. The molecule has 0 fully saturated rings. The molecule has 0 aromatic heterocycles. The highest BCUT2D eigenvalue weighted by atomic mass is 31.2. The molecular formula is C22H23O2P. The molecular weight excluding hydrogens is 327 g/mol. The van der Waals surface area contributed by atoms with Gasteiger partial charge in [0.15, 0.2) is 0 Å². The average molecular weight is 350 g/mol. The van der Waals surface area contributed by atoms with Crippen LogP contribution in [0, 0.1) is 0 Å². The summed E-state index contributed by atoms with van der Waals surface area (Å²) in [4.78, 5) is 0. The molecule has 2 aromatic carbocycles. The van der Waals surface area contributed by atoms with Crippen molar-refractivity contribution in [2.45, 2.75) is 19.8 Å². The molecule has 0 amide bonds. The van der Waals surface area contributed by atoms with Crippen LogP contribution in [0.15, 0.2) is 85.0 Å². The zero-order chi connectivity index (χ0) is 17.7. The van der Waals surface area contributed by atoms with Crippen molar-refractivity contribution in [1.82, 2.24) is 0 Å². The summed E-state index contributed by atoms with van der Waals surface area (Å²) in [5, 5.41) is 1.44. The Balaban J connectivity index is 1.92. The first-order valence-corrected chi connectivity index (χ1v) is 10.2. The number of hydrogen-bond donors (Lipinski definition) is 0. The van der Waals surface area contributed by atoms with Crippen molar-refractivity contribution in [3.05, 3.63) is 90.5 Å². The fraction of sp³-hybridized carbons (Fsp3) is 0.182. The molecule has 3 heteroatoms. The van der Waals surface area contributed by atoms with Crippen LogP contribution >= 0.6 is 7.37 Å². The molecule has 0 heterocycles. The van der Waals surface area contributed by atoms with E-state index in [0.29, 0.717) is 6.61 Å². The lowest BCUT2D eigenvalue weighted by molar-refractivity contribution is 0.348. The number of benzene rings is 2. The molecule has 1 unspecified atom stereocenters. The monoisotopic (exact) mass is 350 g/mol. The molecule has 2 aromatic rings. The lowest BCUT2D eigenvalue weighted by Crippen LogP contribution is -2.18.